The third-order valence-corrected chi connectivity index (χ3v) is 3.70. The molecule has 3 nitrogen and oxygen atoms in total. The monoisotopic (exact) mass is 324 g/mol. The van der Waals surface area contributed by atoms with Crippen LogP contribution in [-0.2, 0) is 6.42 Å². The number of aromatic nitrogens is 1. The predicted octanol–water partition coefficient (Wildman–Crippen LogP) is 4.29. The molecule has 5 heteroatoms. The topological polar surface area (TPSA) is 34.1 Å². The summed E-state index contributed by atoms with van der Waals surface area (Å²) < 4.78 is 5.26. The molecule has 0 aliphatic rings. The number of nitrogens with one attached hydrogen (secondary N) is 1. The average Bonchev–Trinajstić information content (AvgIpc) is 2.47. The van der Waals surface area contributed by atoms with Crippen LogP contribution in [0, 0.1) is 0 Å². The van der Waals surface area contributed by atoms with E-state index < -0.39 is 0 Å². The maximum atomic E-state index is 6.27. The fourth-order valence-corrected chi connectivity index (χ4v) is 2.74. The summed E-state index contributed by atoms with van der Waals surface area (Å²) >= 11 is 12.2. The van der Waals surface area contributed by atoms with Gasteiger partial charge in [-0.3, -0.25) is 4.98 Å². The van der Waals surface area contributed by atoms with Crippen molar-refractivity contribution >= 4 is 23.2 Å². The predicted molar refractivity (Wildman–Crippen MR) is 87.4 cm³/mol. The van der Waals surface area contributed by atoms with Crippen molar-refractivity contribution in [2.75, 3.05) is 13.7 Å². The Hall–Kier alpha value is -1.29. The van der Waals surface area contributed by atoms with Crippen LogP contribution in [0.25, 0.3) is 0 Å². The van der Waals surface area contributed by atoms with Crippen LogP contribution in [0.15, 0.2) is 36.5 Å². The molecule has 0 fully saturated rings. The van der Waals surface area contributed by atoms with Gasteiger partial charge in [-0.05, 0) is 36.7 Å². The van der Waals surface area contributed by atoms with Gasteiger partial charge in [-0.25, -0.2) is 0 Å². The molecule has 1 unspecified atom stereocenters. The molecule has 0 amide bonds. The summed E-state index contributed by atoms with van der Waals surface area (Å²) in [5.41, 5.74) is 1.97. The highest BCUT2D eigenvalue weighted by atomic mass is 35.5. The summed E-state index contributed by atoms with van der Waals surface area (Å²) in [6, 6.07) is 9.76. The Morgan fingerprint density at radius 3 is 2.76 bits per heavy atom. The Kier molecular flexibility index (Phi) is 5.85. The van der Waals surface area contributed by atoms with Crippen LogP contribution in [0.2, 0.25) is 10.0 Å². The second-order valence-electron chi connectivity index (χ2n) is 4.69. The van der Waals surface area contributed by atoms with E-state index in [4.69, 9.17) is 27.9 Å². The van der Waals surface area contributed by atoms with E-state index in [1.165, 1.54) is 0 Å². The molecule has 2 aromatic rings. The lowest BCUT2D eigenvalue weighted by Gasteiger charge is -2.19. The van der Waals surface area contributed by atoms with Gasteiger partial charge in [-0.15, -0.1) is 0 Å². The van der Waals surface area contributed by atoms with Crippen molar-refractivity contribution in [2.24, 2.45) is 0 Å². The standard InChI is InChI=1S/C16H18Cl2N2O/c1-3-19-15(16-14(18)9-12(17)10-20-16)8-11-5-4-6-13(7-11)21-2/h4-7,9-10,15,19H,3,8H2,1-2H3. The molecule has 21 heavy (non-hydrogen) atoms. The van der Waals surface area contributed by atoms with Crippen molar-refractivity contribution in [3.8, 4) is 5.75 Å². The maximum Gasteiger partial charge on any atom is 0.119 e. The zero-order valence-electron chi connectivity index (χ0n) is 12.1. The first-order valence-electron chi connectivity index (χ1n) is 6.81. The molecular weight excluding hydrogens is 307 g/mol. The molecule has 0 spiro atoms. The van der Waals surface area contributed by atoms with Gasteiger partial charge in [0.15, 0.2) is 0 Å². The second-order valence-corrected chi connectivity index (χ2v) is 5.53. The van der Waals surface area contributed by atoms with Crippen LogP contribution in [0.1, 0.15) is 24.2 Å². The second kappa shape index (κ2) is 7.64. The van der Waals surface area contributed by atoms with Crippen LogP contribution in [0.5, 0.6) is 5.75 Å². The number of nitrogens with zero attached hydrogens (tertiary/aromatic N) is 1. The number of hydrogen-bond donors (Lipinski definition) is 1. The van der Waals surface area contributed by atoms with Crippen molar-refractivity contribution in [1.82, 2.24) is 10.3 Å². The molecule has 2 rings (SSSR count). The molecule has 1 atom stereocenters. The Morgan fingerprint density at radius 1 is 1.29 bits per heavy atom. The van der Waals surface area contributed by atoms with Gasteiger partial charge in [0.05, 0.1) is 28.9 Å². The van der Waals surface area contributed by atoms with Gasteiger partial charge in [-0.1, -0.05) is 42.3 Å². The van der Waals surface area contributed by atoms with Crippen molar-refractivity contribution in [3.63, 3.8) is 0 Å². The van der Waals surface area contributed by atoms with E-state index in [2.05, 4.69) is 23.3 Å². The fourth-order valence-electron chi connectivity index (χ4n) is 2.23. The third-order valence-electron chi connectivity index (χ3n) is 3.19. The SMILES string of the molecule is CCNC(Cc1cccc(OC)c1)c1ncc(Cl)cc1Cl. The van der Waals surface area contributed by atoms with Gasteiger partial charge in [0.1, 0.15) is 5.75 Å². The van der Waals surface area contributed by atoms with E-state index in [9.17, 15) is 0 Å². The average molecular weight is 325 g/mol. The zero-order valence-corrected chi connectivity index (χ0v) is 13.6. The van der Waals surface area contributed by atoms with Crippen LogP contribution >= 0.6 is 23.2 Å². The lowest BCUT2D eigenvalue weighted by molar-refractivity contribution is 0.413. The molecule has 1 N–H and O–H groups in total. The molecule has 112 valence electrons. The molecule has 1 aromatic heterocycles. The molecule has 0 aliphatic carbocycles. The highest BCUT2D eigenvalue weighted by molar-refractivity contribution is 6.34. The number of benzene rings is 1. The summed E-state index contributed by atoms with van der Waals surface area (Å²) in [4.78, 5) is 4.38. The van der Waals surface area contributed by atoms with Crippen LogP contribution in [0.3, 0.4) is 0 Å². The van der Waals surface area contributed by atoms with Crippen LogP contribution in [-0.4, -0.2) is 18.6 Å². The number of pyridine rings is 1. The van der Waals surface area contributed by atoms with E-state index >= 15 is 0 Å². The lowest BCUT2D eigenvalue weighted by atomic mass is 10.0. The first-order chi connectivity index (χ1) is 10.1. The third kappa shape index (κ3) is 4.34. The van der Waals surface area contributed by atoms with Crippen LogP contribution < -0.4 is 10.1 Å². The quantitative estimate of drug-likeness (QED) is 0.860. The number of ether oxygens (including phenoxy) is 1. The summed E-state index contributed by atoms with van der Waals surface area (Å²) in [5.74, 6) is 0.845. The van der Waals surface area contributed by atoms with Crippen molar-refractivity contribution in [3.05, 3.63) is 57.8 Å². The van der Waals surface area contributed by atoms with Gasteiger partial charge in [0, 0.05) is 6.20 Å². The van der Waals surface area contributed by atoms with Gasteiger partial charge < -0.3 is 10.1 Å². The number of halogens is 2. The number of methoxy groups -OCH3 is 1. The number of likely N-dealkylation sites (N-methyl/N-ethyl adjacent to an activating group) is 1. The first-order valence-corrected chi connectivity index (χ1v) is 7.57. The normalized spacial score (nSPS) is 12.2. The van der Waals surface area contributed by atoms with Gasteiger partial charge >= 0.3 is 0 Å². The van der Waals surface area contributed by atoms with Crippen LogP contribution in [0.4, 0.5) is 0 Å². The summed E-state index contributed by atoms with van der Waals surface area (Å²) in [6.45, 7) is 2.89. The number of hydrogen-bond acceptors (Lipinski definition) is 3. The molecule has 0 radical (unpaired) electrons. The van der Waals surface area contributed by atoms with E-state index in [0.29, 0.717) is 10.0 Å². The van der Waals surface area contributed by atoms with Crippen molar-refractivity contribution in [1.29, 1.82) is 0 Å². The lowest BCUT2D eigenvalue weighted by Crippen LogP contribution is -2.24. The van der Waals surface area contributed by atoms with E-state index in [1.807, 2.05) is 18.2 Å². The molecule has 0 saturated heterocycles. The molecule has 0 bridgehead atoms. The summed E-state index contributed by atoms with van der Waals surface area (Å²) in [6.07, 6.45) is 2.40. The highest BCUT2D eigenvalue weighted by Gasteiger charge is 2.16. The minimum absolute atomic E-state index is 0.0341. The zero-order chi connectivity index (χ0) is 15.2. The summed E-state index contributed by atoms with van der Waals surface area (Å²) in [5, 5.41) is 4.54. The van der Waals surface area contributed by atoms with E-state index in [1.54, 1.807) is 19.4 Å². The highest BCUT2D eigenvalue weighted by Crippen LogP contribution is 2.27. The van der Waals surface area contributed by atoms with Gasteiger partial charge in [-0.2, -0.15) is 0 Å². The Labute approximate surface area is 135 Å². The minimum Gasteiger partial charge on any atom is -0.497 e. The van der Waals surface area contributed by atoms with Crippen molar-refractivity contribution < 1.29 is 4.74 Å². The smallest absolute Gasteiger partial charge is 0.119 e. The first kappa shape index (κ1) is 16.1. The Bertz CT molecular complexity index is 605. The van der Waals surface area contributed by atoms with Gasteiger partial charge in [0.2, 0.25) is 0 Å². The molecule has 0 aliphatic heterocycles. The Morgan fingerprint density at radius 2 is 2.10 bits per heavy atom. The molecule has 1 heterocycles. The minimum atomic E-state index is 0.0341. The molecule has 1 aromatic carbocycles. The van der Waals surface area contributed by atoms with Crippen molar-refractivity contribution in [2.45, 2.75) is 19.4 Å². The largest absolute Gasteiger partial charge is 0.497 e. The van der Waals surface area contributed by atoms with E-state index in [0.717, 1.165) is 30.0 Å². The maximum absolute atomic E-state index is 6.27. The molecule has 0 saturated carbocycles. The Balaban J connectivity index is 2.26. The fraction of sp³-hybridized carbons (Fsp3) is 0.312. The summed E-state index contributed by atoms with van der Waals surface area (Å²) in [7, 11) is 1.67. The van der Waals surface area contributed by atoms with E-state index in [-0.39, 0.29) is 6.04 Å². The molecular formula is C16H18Cl2N2O. The van der Waals surface area contributed by atoms with Gasteiger partial charge in [0.25, 0.3) is 0 Å². The number of rotatable bonds is 6.